The van der Waals surface area contributed by atoms with Gasteiger partial charge >= 0.3 is 12.2 Å². The molecule has 1 heterocycles. The van der Waals surface area contributed by atoms with Crippen LogP contribution in [0.2, 0.25) is 0 Å². The van der Waals surface area contributed by atoms with Gasteiger partial charge < -0.3 is 15.3 Å². The SMILES string of the molecule is O=C(Nc1ccccc1C(F)(F)F)N1CCC[C@@H]1c1ccc(O)cc1. The molecule has 2 aromatic rings. The molecule has 25 heavy (non-hydrogen) atoms. The fraction of sp³-hybridized carbons (Fsp3) is 0.278. The lowest BCUT2D eigenvalue weighted by Crippen LogP contribution is -2.35. The highest BCUT2D eigenvalue weighted by Crippen LogP contribution is 2.36. The molecule has 1 atom stereocenters. The molecular weight excluding hydrogens is 333 g/mol. The van der Waals surface area contributed by atoms with Crippen molar-refractivity contribution in [2.75, 3.05) is 11.9 Å². The molecule has 132 valence electrons. The van der Waals surface area contributed by atoms with Crippen molar-refractivity contribution in [3.8, 4) is 5.75 Å². The molecule has 1 aliphatic rings. The number of nitrogens with zero attached hydrogens (tertiary/aromatic N) is 1. The standard InChI is InChI=1S/C18H17F3N2O2/c19-18(20,21)14-4-1-2-5-15(14)22-17(25)23-11-3-6-16(23)12-7-9-13(24)10-8-12/h1-2,4-5,7-10,16,24H,3,6,11H2,(H,22,25)/t16-/m1/s1. The van der Waals surface area contributed by atoms with E-state index in [9.17, 15) is 23.1 Å². The first-order valence-electron chi connectivity index (χ1n) is 7.89. The third kappa shape index (κ3) is 3.70. The summed E-state index contributed by atoms with van der Waals surface area (Å²) in [5.74, 6) is 0.122. The lowest BCUT2D eigenvalue weighted by molar-refractivity contribution is -0.136. The van der Waals surface area contributed by atoms with Crippen LogP contribution in [0.4, 0.5) is 23.7 Å². The van der Waals surface area contributed by atoms with E-state index in [-0.39, 0.29) is 17.5 Å². The van der Waals surface area contributed by atoms with Gasteiger partial charge in [0.1, 0.15) is 5.75 Å². The number of halogens is 3. The second-order valence-corrected chi connectivity index (χ2v) is 5.92. The highest BCUT2D eigenvalue weighted by molar-refractivity contribution is 5.90. The summed E-state index contributed by atoms with van der Waals surface area (Å²) in [5, 5.41) is 11.8. The van der Waals surface area contributed by atoms with Crippen molar-refractivity contribution in [2.24, 2.45) is 0 Å². The normalized spacial score (nSPS) is 17.6. The molecule has 3 rings (SSSR count). The van der Waals surface area contributed by atoms with Gasteiger partial charge in [-0.1, -0.05) is 24.3 Å². The van der Waals surface area contributed by atoms with Crippen LogP contribution in [0.5, 0.6) is 5.75 Å². The van der Waals surface area contributed by atoms with Gasteiger partial charge in [0.25, 0.3) is 0 Å². The Labute approximate surface area is 142 Å². The molecule has 0 bridgehead atoms. The molecule has 1 saturated heterocycles. The Balaban J connectivity index is 1.80. The Bertz CT molecular complexity index is 760. The fourth-order valence-corrected chi connectivity index (χ4v) is 3.08. The zero-order chi connectivity index (χ0) is 18.0. The number of benzene rings is 2. The van der Waals surface area contributed by atoms with E-state index in [1.165, 1.54) is 35.2 Å². The van der Waals surface area contributed by atoms with E-state index < -0.39 is 17.8 Å². The molecule has 2 amide bonds. The number of carbonyl (C=O) groups is 1. The third-order valence-corrected chi connectivity index (χ3v) is 4.27. The summed E-state index contributed by atoms with van der Waals surface area (Å²) in [5.41, 5.74) is -0.283. The Morgan fingerprint density at radius 2 is 1.80 bits per heavy atom. The van der Waals surface area contributed by atoms with Crippen molar-refractivity contribution >= 4 is 11.7 Å². The van der Waals surface area contributed by atoms with Crippen molar-refractivity contribution in [1.82, 2.24) is 4.90 Å². The fourth-order valence-electron chi connectivity index (χ4n) is 3.08. The van der Waals surface area contributed by atoms with Crippen molar-refractivity contribution in [2.45, 2.75) is 25.1 Å². The molecule has 1 fully saturated rings. The maximum atomic E-state index is 13.1. The molecule has 4 nitrogen and oxygen atoms in total. The van der Waals surface area contributed by atoms with Crippen molar-refractivity contribution in [1.29, 1.82) is 0 Å². The van der Waals surface area contributed by atoms with Crippen LogP contribution in [0.3, 0.4) is 0 Å². The van der Waals surface area contributed by atoms with Crippen LogP contribution in [-0.4, -0.2) is 22.6 Å². The Hall–Kier alpha value is -2.70. The highest BCUT2D eigenvalue weighted by Gasteiger charge is 2.35. The zero-order valence-electron chi connectivity index (χ0n) is 13.3. The summed E-state index contributed by atoms with van der Waals surface area (Å²) in [6, 6.07) is 10.6. The van der Waals surface area contributed by atoms with Gasteiger partial charge in [-0.2, -0.15) is 13.2 Å². The molecule has 0 aliphatic carbocycles. The highest BCUT2D eigenvalue weighted by atomic mass is 19.4. The number of anilines is 1. The molecule has 0 spiro atoms. The number of rotatable bonds is 2. The zero-order valence-corrected chi connectivity index (χ0v) is 13.3. The largest absolute Gasteiger partial charge is 0.508 e. The molecule has 0 saturated carbocycles. The second-order valence-electron chi connectivity index (χ2n) is 5.92. The molecule has 2 N–H and O–H groups in total. The van der Waals surface area contributed by atoms with Gasteiger partial charge in [0, 0.05) is 6.54 Å². The van der Waals surface area contributed by atoms with Crippen LogP contribution in [0.1, 0.15) is 30.0 Å². The number of alkyl halides is 3. The van der Waals surface area contributed by atoms with Crippen LogP contribution < -0.4 is 5.32 Å². The lowest BCUT2D eigenvalue weighted by atomic mass is 10.0. The summed E-state index contributed by atoms with van der Waals surface area (Å²) in [6.07, 6.45) is -3.05. The molecule has 0 unspecified atom stereocenters. The minimum atomic E-state index is -4.54. The number of hydrogen-bond acceptors (Lipinski definition) is 2. The molecule has 0 radical (unpaired) electrons. The predicted octanol–water partition coefficient (Wildman–Crippen LogP) is 4.78. The van der Waals surface area contributed by atoms with Gasteiger partial charge in [0.2, 0.25) is 0 Å². The van der Waals surface area contributed by atoms with Gasteiger partial charge in [0.05, 0.1) is 17.3 Å². The Morgan fingerprint density at radius 1 is 1.12 bits per heavy atom. The smallest absolute Gasteiger partial charge is 0.418 e. The Kier molecular flexibility index (Phi) is 4.57. The number of likely N-dealkylation sites (tertiary alicyclic amines) is 1. The number of phenolic OH excluding ortho intramolecular Hbond substituents is 1. The summed E-state index contributed by atoms with van der Waals surface area (Å²) in [7, 11) is 0. The van der Waals surface area contributed by atoms with Crippen molar-refractivity contribution in [3.05, 3.63) is 59.7 Å². The van der Waals surface area contributed by atoms with E-state index in [4.69, 9.17) is 0 Å². The first-order chi connectivity index (χ1) is 11.9. The molecule has 0 aromatic heterocycles. The summed E-state index contributed by atoms with van der Waals surface area (Å²) in [4.78, 5) is 14.1. The van der Waals surface area contributed by atoms with E-state index in [2.05, 4.69) is 5.32 Å². The number of para-hydroxylation sites is 1. The van der Waals surface area contributed by atoms with Crippen LogP contribution in [0.15, 0.2) is 48.5 Å². The molecular formula is C18H17F3N2O2. The number of amides is 2. The van der Waals surface area contributed by atoms with Gasteiger partial charge in [-0.15, -0.1) is 0 Å². The van der Waals surface area contributed by atoms with Gasteiger partial charge in [-0.3, -0.25) is 0 Å². The first kappa shape index (κ1) is 17.1. The van der Waals surface area contributed by atoms with Crippen LogP contribution in [-0.2, 0) is 6.18 Å². The third-order valence-electron chi connectivity index (χ3n) is 4.27. The molecule has 2 aromatic carbocycles. The minimum Gasteiger partial charge on any atom is -0.508 e. The lowest BCUT2D eigenvalue weighted by Gasteiger charge is -2.26. The van der Waals surface area contributed by atoms with E-state index in [1.54, 1.807) is 12.1 Å². The van der Waals surface area contributed by atoms with E-state index in [0.29, 0.717) is 6.54 Å². The summed E-state index contributed by atoms with van der Waals surface area (Å²) >= 11 is 0. The van der Waals surface area contributed by atoms with E-state index in [0.717, 1.165) is 24.5 Å². The number of aromatic hydroxyl groups is 1. The summed E-state index contributed by atoms with van der Waals surface area (Å²) in [6.45, 7) is 0.464. The molecule has 1 aliphatic heterocycles. The Morgan fingerprint density at radius 3 is 2.48 bits per heavy atom. The number of carbonyl (C=O) groups excluding carboxylic acids is 1. The van der Waals surface area contributed by atoms with Crippen LogP contribution in [0, 0.1) is 0 Å². The predicted molar refractivity (Wildman–Crippen MR) is 87.3 cm³/mol. The topological polar surface area (TPSA) is 52.6 Å². The number of urea groups is 1. The second kappa shape index (κ2) is 6.66. The monoisotopic (exact) mass is 350 g/mol. The first-order valence-corrected chi connectivity index (χ1v) is 7.89. The maximum Gasteiger partial charge on any atom is 0.418 e. The quantitative estimate of drug-likeness (QED) is 0.819. The maximum absolute atomic E-state index is 13.1. The van der Waals surface area contributed by atoms with Crippen molar-refractivity contribution < 1.29 is 23.1 Å². The van der Waals surface area contributed by atoms with Crippen molar-refractivity contribution in [3.63, 3.8) is 0 Å². The van der Waals surface area contributed by atoms with Crippen LogP contribution >= 0.6 is 0 Å². The van der Waals surface area contributed by atoms with E-state index >= 15 is 0 Å². The minimum absolute atomic E-state index is 0.122. The number of nitrogens with one attached hydrogen (secondary N) is 1. The summed E-state index contributed by atoms with van der Waals surface area (Å²) < 4.78 is 39.2. The molecule has 7 heteroatoms. The van der Waals surface area contributed by atoms with Gasteiger partial charge in [-0.05, 0) is 42.7 Å². The van der Waals surface area contributed by atoms with Gasteiger partial charge in [0.15, 0.2) is 0 Å². The van der Waals surface area contributed by atoms with Gasteiger partial charge in [-0.25, -0.2) is 4.79 Å². The average Bonchev–Trinajstić information content (AvgIpc) is 3.05. The van der Waals surface area contributed by atoms with E-state index in [1.807, 2.05) is 0 Å². The number of hydrogen-bond donors (Lipinski definition) is 2. The van der Waals surface area contributed by atoms with Crippen LogP contribution in [0.25, 0.3) is 0 Å². The number of phenols is 1. The average molecular weight is 350 g/mol.